The molecule has 0 spiro atoms. The summed E-state index contributed by atoms with van der Waals surface area (Å²) in [5.74, 6) is 0. The van der Waals surface area contributed by atoms with Crippen molar-refractivity contribution >= 4 is 46.4 Å². The largest absolute Gasteiger partial charge is 0.113 e. The highest BCUT2D eigenvalue weighted by Crippen LogP contribution is 2.34. The first-order chi connectivity index (χ1) is 8.49. The van der Waals surface area contributed by atoms with Gasteiger partial charge in [-0.3, -0.25) is 0 Å². The van der Waals surface area contributed by atoms with Crippen LogP contribution in [0.4, 0.5) is 0 Å². The van der Waals surface area contributed by atoms with Crippen LogP contribution in [-0.4, -0.2) is 0 Å². The quantitative estimate of drug-likeness (QED) is 0.571. The van der Waals surface area contributed by atoms with Crippen LogP contribution in [0.5, 0.6) is 0 Å². The minimum absolute atomic E-state index is 0.268. The molecular formula is C14H10Cl4. The predicted octanol–water partition coefficient (Wildman–Crippen LogP) is 6.28. The monoisotopic (exact) mass is 318 g/mol. The van der Waals surface area contributed by atoms with E-state index in [4.69, 9.17) is 46.4 Å². The molecule has 0 aromatic heterocycles. The zero-order chi connectivity index (χ0) is 13.3. The van der Waals surface area contributed by atoms with Crippen molar-refractivity contribution in [1.82, 2.24) is 0 Å². The second-order valence-electron chi connectivity index (χ2n) is 4.04. The van der Waals surface area contributed by atoms with E-state index in [1.54, 1.807) is 12.1 Å². The van der Waals surface area contributed by atoms with Crippen molar-refractivity contribution in [3.8, 4) is 0 Å². The Bertz CT molecular complexity index is 527. The van der Waals surface area contributed by atoms with Gasteiger partial charge in [-0.1, -0.05) is 53.0 Å². The Hall–Kier alpha value is -0.400. The van der Waals surface area contributed by atoms with Crippen LogP contribution in [0.2, 0.25) is 15.1 Å². The Morgan fingerprint density at radius 1 is 0.778 bits per heavy atom. The third-order valence-electron chi connectivity index (χ3n) is 2.71. The van der Waals surface area contributed by atoms with Crippen molar-refractivity contribution in [1.29, 1.82) is 0 Å². The number of benzene rings is 2. The van der Waals surface area contributed by atoms with E-state index in [-0.39, 0.29) is 5.38 Å². The van der Waals surface area contributed by atoms with Crippen molar-refractivity contribution in [2.24, 2.45) is 0 Å². The first-order valence-electron chi connectivity index (χ1n) is 5.34. The molecule has 18 heavy (non-hydrogen) atoms. The maximum Gasteiger partial charge on any atom is 0.0836 e. The molecular weight excluding hydrogens is 310 g/mol. The molecule has 94 valence electrons. The van der Waals surface area contributed by atoms with Gasteiger partial charge in [-0.05, 0) is 41.8 Å². The molecule has 1 atom stereocenters. The number of rotatable bonds is 2. The summed E-state index contributed by atoms with van der Waals surface area (Å²) < 4.78 is 0. The molecule has 0 aliphatic rings. The number of halogens is 4. The second kappa shape index (κ2) is 5.71. The van der Waals surface area contributed by atoms with Crippen LogP contribution in [0, 0.1) is 6.92 Å². The molecule has 1 unspecified atom stereocenters. The number of hydrogen-bond acceptors (Lipinski definition) is 0. The standard InChI is InChI=1S/C14H10Cl4/c1-8-6-9(2-4-11(8)15)14(18)10-3-5-12(16)13(17)7-10/h2-7,14H,1H3. The van der Waals surface area contributed by atoms with Crippen LogP contribution < -0.4 is 0 Å². The highest BCUT2D eigenvalue weighted by molar-refractivity contribution is 6.42. The molecule has 0 radical (unpaired) electrons. The number of alkyl halides is 1. The summed E-state index contributed by atoms with van der Waals surface area (Å²) in [5, 5.41) is 1.49. The molecule has 2 aromatic rings. The highest BCUT2D eigenvalue weighted by atomic mass is 35.5. The summed E-state index contributed by atoms with van der Waals surface area (Å²) in [5.41, 5.74) is 2.89. The highest BCUT2D eigenvalue weighted by Gasteiger charge is 2.13. The summed E-state index contributed by atoms with van der Waals surface area (Å²) in [4.78, 5) is 0. The molecule has 0 amide bonds. The van der Waals surface area contributed by atoms with Gasteiger partial charge in [0.15, 0.2) is 0 Å². The lowest BCUT2D eigenvalue weighted by atomic mass is 10.0. The van der Waals surface area contributed by atoms with Crippen LogP contribution in [0.1, 0.15) is 22.1 Å². The van der Waals surface area contributed by atoms with Gasteiger partial charge in [0.05, 0.1) is 15.4 Å². The summed E-state index contributed by atoms with van der Waals surface area (Å²) in [6, 6.07) is 11.1. The van der Waals surface area contributed by atoms with Crippen LogP contribution >= 0.6 is 46.4 Å². The fourth-order valence-electron chi connectivity index (χ4n) is 1.69. The molecule has 0 bridgehead atoms. The van der Waals surface area contributed by atoms with Gasteiger partial charge in [-0.15, -0.1) is 11.6 Å². The SMILES string of the molecule is Cc1cc(C(Cl)c2ccc(Cl)c(Cl)c2)ccc1Cl. The lowest BCUT2D eigenvalue weighted by Gasteiger charge is -2.12. The van der Waals surface area contributed by atoms with E-state index < -0.39 is 0 Å². The van der Waals surface area contributed by atoms with E-state index in [9.17, 15) is 0 Å². The van der Waals surface area contributed by atoms with Crippen molar-refractivity contribution in [3.05, 3.63) is 68.2 Å². The summed E-state index contributed by atoms with van der Waals surface area (Å²) >= 11 is 24.3. The van der Waals surface area contributed by atoms with Gasteiger partial charge >= 0.3 is 0 Å². The third kappa shape index (κ3) is 2.95. The Morgan fingerprint density at radius 2 is 1.33 bits per heavy atom. The molecule has 0 saturated carbocycles. The topological polar surface area (TPSA) is 0 Å². The van der Waals surface area contributed by atoms with Crippen molar-refractivity contribution in [2.75, 3.05) is 0 Å². The molecule has 0 nitrogen and oxygen atoms in total. The molecule has 2 rings (SSSR count). The van der Waals surface area contributed by atoms with Crippen molar-refractivity contribution in [2.45, 2.75) is 12.3 Å². The molecule has 0 aliphatic heterocycles. The second-order valence-corrected chi connectivity index (χ2v) is 5.70. The molecule has 2 aromatic carbocycles. The van der Waals surface area contributed by atoms with E-state index in [1.165, 1.54) is 0 Å². The predicted molar refractivity (Wildman–Crippen MR) is 80.3 cm³/mol. The first-order valence-corrected chi connectivity index (χ1v) is 6.91. The Balaban J connectivity index is 2.37. The summed E-state index contributed by atoms with van der Waals surface area (Å²) in [6.45, 7) is 1.95. The molecule has 0 heterocycles. The molecule has 0 saturated heterocycles. The van der Waals surface area contributed by atoms with E-state index in [0.29, 0.717) is 10.0 Å². The van der Waals surface area contributed by atoms with Gasteiger partial charge in [-0.25, -0.2) is 0 Å². The molecule has 4 heteroatoms. The first kappa shape index (κ1) is 14.0. The summed E-state index contributed by atoms with van der Waals surface area (Å²) in [7, 11) is 0. The maximum absolute atomic E-state index is 6.44. The zero-order valence-corrected chi connectivity index (χ0v) is 12.6. The average molecular weight is 320 g/mol. The van der Waals surface area contributed by atoms with E-state index in [1.807, 2.05) is 31.2 Å². The van der Waals surface area contributed by atoms with Gasteiger partial charge in [-0.2, -0.15) is 0 Å². The van der Waals surface area contributed by atoms with Gasteiger partial charge in [0.2, 0.25) is 0 Å². The zero-order valence-electron chi connectivity index (χ0n) is 9.55. The number of aryl methyl sites for hydroxylation is 1. The van der Waals surface area contributed by atoms with E-state index in [2.05, 4.69) is 0 Å². The molecule has 0 aliphatic carbocycles. The number of hydrogen-bond donors (Lipinski definition) is 0. The third-order valence-corrected chi connectivity index (χ3v) is 4.38. The van der Waals surface area contributed by atoms with Crippen molar-refractivity contribution in [3.63, 3.8) is 0 Å². The minimum atomic E-state index is -0.268. The average Bonchev–Trinajstić information content (AvgIpc) is 2.35. The van der Waals surface area contributed by atoms with Crippen LogP contribution in [0.3, 0.4) is 0 Å². The van der Waals surface area contributed by atoms with Crippen LogP contribution in [-0.2, 0) is 0 Å². The Kier molecular flexibility index (Phi) is 4.45. The van der Waals surface area contributed by atoms with Crippen molar-refractivity contribution < 1.29 is 0 Å². The van der Waals surface area contributed by atoms with Gasteiger partial charge < -0.3 is 0 Å². The maximum atomic E-state index is 6.44. The Labute approximate surface area is 126 Å². The Morgan fingerprint density at radius 3 is 1.89 bits per heavy atom. The molecule has 0 N–H and O–H groups in total. The lowest BCUT2D eigenvalue weighted by molar-refractivity contribution is 1.13. The van der Waals surface area contributed by atoms with Gasteiger partial charge in [0, 0.05) is 5.02 Å². The van der Waals surface area contributed by atoms with Crippen LogP contribution in [0.25, 0.3) is 0 Å². The van der Waals surface area contributed by atoms with E-state index in [0.717, 1.165) is 21.7 Å². The summed E-state index contributed by atoms with van der Waals surface area (Å²) in [6.07, 6.45) is 0. The van der Waals surface area contributed by atoms with E-state index >= 15 is 0 Å². The minimum Gasteiger partial charge on any atom is -0.113 e. The fourth-order valence-corrected chi connectivity index (χ4v) is 2.38. The lowest BCUT2D eigenvalue weighted by Crippen LogP contribution is -1.94. The van der Waals surface area contributed by atoms with Gasteiger partial charge in [0.1, 0.15) is 0 Å². The van der Waals surface area contributed by atoms with Gasteiger partial charge in [0.25, 0.3) is 0 Å². The van der Waals surface area contributed by atoms with Crippen LogP contribution in [0.15, 0.2) is 36.4 Å². The normalized spacial score (nSPS) is 12.5. The smallest absolute Gasteiger partial charge is 0.0836 e. The fraction of sp³-hybridized carbons (Fsp3) is 0.143. The molecule has 0 fully saturated rings.